The van der Waals surface area contributed by atoms with Crippen molar-refractivity contribution in [2.75, 3.05) is 0 Å². The highest BCUT2D eigenvalue weighted by Gasteiger charge is 2.32. The summed E-state index contributed by atoms with van der Waals surface area (Å²) >= 11 is 0. The van der Waals surface area contributed by atoms with Crippen molar-refractivity contribution in [1.82, 2.24) is 0 Å². The normalized spacial score (nSPS) is 13.3. The minimum atomic E-state index is -0.623. The molecule has 158 valence electrons. The molecule has 0 aliphatic carbocycles. The first-order chi connectivity index (χ1) is 12.6. The fourth-order valence-corrected chi connectivity index (χ4v) is 3.98. The van der Waals surface area contributed by atoms with Gasteiger partial charge in [-0.3, -0.25) is 0 Å². The zero-order chi connectivity index (χ0) is 19.5. The van der Waals surface area contributed by atoms with Gasteiger partial charge in [0.1, 0.15) is 0 Å². The molecule has 0 rings (SSSR count). The lowest BCUT2D eigenvalue weighted by molar-refractivity contribution is -0.00985. The second-order valence-corrected chi connectivity index (χ2v) is 8.59. The Morgan fingerprint density at radius 1 is 0.577 bits per heavy atom. The van der Waals surface area contributed by atoms with Crippen molar-refractivity contribution in [3.8, 4) is 0 Å². The van der Waals surface area contributed by atoms with Crippen LogP contribution in [0, 0.1) is 0 Å². The highest BCUT2D eigenvalue weighted by atomic mass is 16.3. The predicted molar refractivity (Wildman–Crippen MR) is 118 cm³/mol. The molecule has 0 amide bonds. The van der Waals surface area contributed by atoms with Gasteiger partial charge in [0.25, 0.3) is 0 Å². The summed E-state index contributed by atoms with van der Waals surface area (Å²) in [5.41, 5.74) is 5.89. The molecule has 26 heavy (non-hydrogen) atoms. The quantitative estimate of drug-likeness (QED) is 0.218. The number of nitrogens with two attached hydrogens (primary N) is 1. The summed E-state index contributed by atoms with van der Waals surface area (Å²) in [6, 6.07) is -0.0364. The number of unbranched alkanes of at least 4 members (excludes halogenated alkanes) is 13. The fourth-order valence-electron chi connectivity index (χ4n) is 3.98. The Hall–Kier alpha value is -0.0800. The average Bonchev–Trinajstić information content (AvgIpc) is 2.64. The molecule has 0 saturated heterocycles. The molecule has 3 N–H and O–H groups in total. The summed E-state index contributed by atoms with van der Waals surface area (Å²) < 4.78 is 0. The first-order valence-corrected chi connectivity index (χ1v) is 12.1. The third-order valence-electron chi connectivity index (χ3n) is 5.99. The third-order valence-corrected chi connectivity index (χ3v) is 5.99. The monoisotopic (exact) mass is 369 g/mol. The maximum absolute atomic E-state index is 11.3. The van der Waals surface area contributed by atoms with Crippen molar-refractivity contribution in [3.05, 3.63) is 0 Å². The molecule has 1 unspecified atom stereocenters. The van der Waals surface area contributed by atoms with E-state index in [1.54, 1.807) is 0 Å². The first-order valence-electron chi connectivity index (χ1n) is 12.1. The van der Waals surface area contributed by atoms with E-state index in [1.807, 2.05) is 0 Å². The molecule has 0 aromatic heterocycles. The van der Waals surface area contributed by atoms with Crippen molar-refractivity contribution in [1.29, 1.82) is 0 Å². The van der Waals surface area contributed by atoms with Crippen LogP contribution in [-0.4, -0.2) is 16.7 Å². The minimum Gasteiger partial charge on any atom is -0.388 e. The van der Waals surface area contributed by atoms with Gasteiger partial charge in [0.2, 0.25) is 0 Å². The molecule has 0 aromatic carbocycles. The van der Waals surface area contributed by atoms with Crippen molar-refractivity contribution >= 4 is 0 Å². The molecule has 0 bridgehead atoms. The standard InChI is InChI=1S/C24H51NO/c1-4-7-10-13-15-18-21-24(26,22-19-16-14-11-8-5-2)23(25)20-17-12-9-6-3/h23,26H,4-22,25H2,1-3H3. The van der Waals surface area contributed by atoms with E-state index in [0.29, 0.717) is 0 Å². The molecule has 1 atom stereocenters. The van der Waals surface area contributed by atoms with Gasteiger partial charge in [0.05, 0.1) is 5.60 Å². The van der Waals surface area contributed by atoms with Crippen LogP contribution in [0.2, 0.25) is 0 Å². The summed E-state index contributed by atoms with van der Waals surface area (Å²) in [6.45, 7) is 6.76. The average molecular weight is 370 g/mol. The lowest BCUT2D eigenvalue weighted by Crippen LogP contribution is -2.48. The minimum absolute atomic E-state index is 0.0364. The summed E-state index contributed by atoms with van der Waals surface area (Å²) in [5, 5.41) is 11.3. The van der Waals surface area contributed by atoms with Crippen LogP contribution in [0.15, 0.2) is 0 Å². The second kappa shape index (κ2) is 18.3. The molecular formula is C24H51NO. The predicted octanol–water partition coefficient (Wildman–Crippen LogP) is 7.52. The highest BCUT2D eigenvalue weighted by Crippen LogP contribution is 2.28. The molecule has 2 heteroatoms. The van der Waals surface area contributed by atoms with Crippen molar-refractivity contribution in [2.24, 2.45) is 5.73 Å². The van der Waals surface area contributed by atoms with Crippen LogP contribution in [0.25, 0.3) is 0 Å². The van der Waals surface area contributed by atoms with Gasteiger partial charge in [-0.1, -0.05) is 124 Å². The summed E-state index contributed by atoms with van der Waals surface area (Å²) in [4.78, 5) is 0. The molecule has 0 radical (unpaired) electrons. The van der Waals surface area contributed by atoms with Gasteiger partial charge < -0.3 is 10.8 Å². The van der Waals surface area contributed by atoms with Gasteiger partial charge in [-0.05, 0) is 19.3 Å². The third kappa shape index (κ3) is 14.0. The van der Waals surface area contributed by atoms with E-state index < -0.39 is 5.60 Å². The highest BCUT2D eigenvalue weighted by molar-refractivity contribution is 4.89. The molecule has 0 heterocycles. The van der Waals surface area contributed by atoms with Gasteiger partial charge in [-0.15, -0.1) is 0 Å². The summed E-state index contributed by atoms with van der Waals surface area (Å²) in [5.74, 6) is 0. The summed E-state index contributed by atoms with van der Waals surface area (Å²) in [7, 11) is 0. The smallest absolute Gasteiger partial charge is 0.0797 e. The van der Waals surface area contributed by atoms with Crippen LogP contribution < -0.4 is 5.73 Å². The van der Waals surface area contributed by atoms with Gasteiger partial charge in [0, 0.05) is 6.04 Å². The lowest BCUT2D eigenvalue weighted by atomic mass is 9.81. The Labute approximate surface area is 165 Å². The van der Waals surface area contributed by atoms with Gasteiger partial charge >= 0.3 is 0 Å². The van der Waals surface area contributed by atoms with Crippen LogP contribution in [0.4, 0.5) is 0 Å². The van der Waals surface area contributed by atoms with Crippen LogP contribution in [0.5, 0.6) is 0 Å². The van der Waals surface area contributed by atoms with Crippen molar-refractivity contribution < 1.29 is 5.11 Å². The Morgan fingerprint density at radius 2 is 0.923 bits per heavy atom. The van der Waals surface area contributed by atoms with Gasteiger partial charge in [-0.2, -0.15) is 0 Å². The maximum Gasteiger partial charge on any atom is 0.0797 e. The Balaban J connectivity index is 4.25. The number of aliphatic hydroxyl groups is 1. The molecular weight excluding hydrogens is 318 g/mol. The molecule has 0 saturated carbocycles. The molecule has 0 aromatic rings. The van der Waals surface area contributed by atoms with E-state index in [9.17, 15) is 5.11 Å². The lowest BCUT2D eigenvalue weighted by Gasteiger charge is -2.35. The van der Waals surface area contributed by atoms with Crippen LogP contribution in [0.1, 0.15) is 143 Å². The topological polar surface area (TPSA) is 46.2 Å². The van der Waals surface area contributed by atoms with Crippen LogP contribution in [0.3, 0.4) is 0 Å². The summed E-state index contributed by atoms with van der Waals surface area (Å²) in [6.07, 6.45) is 23.2. The Morgan fingerprint density at radius 3 is 1.35 bits per heavy atom. The van der Waals surface area contributed by atoms with E-state index in [2.05, 4.69) is 20.8 Å². The molecule has 0 aliphatic heterocycles. The Kier molecular flexibility index (Phi) is 18.2. The molecule has 2 nitrogen and oxygen atoms in total. The fraction of sp³-hybridized carbons (Fsp3) is 1.00. The zero-order valence-corrected chi connectivity index (χ0v) is 18.5. The van der Waals surface area contributed by atoms with Gasteiger partial charge in [0.15, 0.2) is 0 Å². The SMILES string of the molecule is CCCCCCCCC(O)(CCCCCCCC)C(N)CCCCCC. The van der Waals surface area contributed by atoms with E-state index in [-0.39, 0.29) is 6.04 Å². The van der Waals surface area contributed by atoms with E-state index in [1.165, 1.54) is 89.9 Å². The van der Waals surface area contributed by atoms with E-state index in [4.69, 9.17) is 5.73 Å². The van der Waals surface area contributed by atoms with Crippen LogP contribution in [-0.2, 0) is 0 Å². The Bertz CT molecular complexity index is 263. The van der Waals surface area contributed by atoms with E-state index >= 15 is 0 Å². The molecule has 0 spiro atoms. The second-order valence-electron chi connectivity index (χ2n) is 8.59. The largest absolute Gasteiger partial charge is 0.388 e. The van der Waals surface area contributed by atoms with E-state index in [0.717, 1.165) is 32.1 Å². The molecule has 0 fully saturated rings. The maximum atomic E-state index is 11.3. The first kappa shape index (κ1) is 25.9. The number of hydrogen-bond donors (Lipinski definition) is 2. The number of rotatable bonds is 20. The van der Waals surface area contributed by atoms with Gasteiger partial charge in [-0.25, -0.2) is 0 Å². The van der Waals surface area contributed by atoms with Crippen LogP contribution >= 0.6 is 0 Å². The number of hydrogen-bond acceptors (Lipinski definition) is 2. The van der Waals surface area contributed by atoms with Crippen molar-refractivity contribution in [2.45, 2.75) is 154 Å². The van der Waals surface area contributed by atoms with Crippen molar-refractivity contribution in [3.63, 3.8) is 0 Å². The molecule has 0 aliphatic rings. The zero-order valence-electron chi connectivity index (χ0n) is 18.5.